The van der Waals surface area contributed by atoms with Gasteiger partial charge >= 0.3 is 5.97 Å². The number of esters is 1. The van der Waals surface area contributed by atoms with E-state index in [4.69, 9.17) is 14.2 Å². The van der Waals surface area contributed by atoms with Crippen LogP contribution >= 0.6 is 0 Å². The summed E-state index contributed by atoms with van der Waals surface area (Å²) in [6.07, 6.45) is -2.42. The van der Waals surface area contributed by atoms with Gasteiger partial charge in [0.25, 0.3) is 0 Å². The van der Waals surface area contributed by atoms with Gasteiger partial charge in [-0.3, -0.25) is 0 Å². The Hall–Kier alpha value is -1.41. The minimum atomic E-state index is -1.55. The summed E-state index contributed by atoms with van der Waals surface area (Å²) in [5.41, 5.74) is 1.54. The molecule has 0 aromatic heterocycles. The number of aliphatic hydroxyl groups is 7. The molecular weight excluding hydrogens is 584 g/mol. The van der Waals surface area contributed by atoms with Crippen molar-refractivity contribution >= 4 is 5.97 Å². The predicted molar refractivity (Wildman–Crippen MR) is 160 cm³/mol. The highest BCUT2D eigenvalue weighted by Gasteiger charge is 2.63. The van der Waals surface area contributed by atoms with E-state index >= 15 is 0 Å². The number of rotatable bonds is 6. The van der Waals surface area contributed by atoms with E-state index in [-0.39, 0.29) is 60.1 Å². The van der Waals surface area contributed by atoms with Crippen molar-refractivity contribution < 1.29 is 54.8 Å². The van der Waals surface area contributed by atoms with E-state index < -0.39 is 61.0 Å². The van der Waals surface area contributed by atoms with Gasteiger partial charge in [0.1, 0.15) is 30.5 Å². The maximum Gasteiger partial charge on any atom is 0.334 e. The molecule has 2 aliphatic heterocycles. The molecule has 0 radical (unpaired) electrons. The van der Waals surface area contributed by atoms with Crippen LogP contribution in [0.25, 0.3) is 0 Å². The summed E-state index contributed by atoms with van der Waals surface area (Å²) < 4.78 is 17.5. The van der Waals surface area contributed by atoms with E-state index in [2.05, 4.69) is 20.8 Å². The van der Waals surface area contributed by atoms with Gasteiger partial charge in [-0.25, -0.2) is 4.79 Å². The largest absolute Gasteiger partial charge is 0.458 e. The molecule has 0 unspecified atom stereocenters. The van der Waals surface area contributed by atoms with Crippen LogP contribution in [-0.2, 0) is 19.0 Å². The Balaban J connectivity index is 1.20. The number of cyclic esters (lactones) is 1. The third-order valence-corrected chi connectivity index (χ3v) is 13.4. The second-order valence-corrected chi connectivity index (χ2v) is 15.3. The maximum absolute atomic E-state index is 12.6. The van der Waals surface area contributed by atoms with Crippen LogP contribution in [0, 0.1) is 40.4 Å². The number of carbonyl (C=O) groups is 1. The first-order valence-corrected chi connectivity index (χ1v) is 16.8. The summed E-state index contributed by atoms with van der Waals surface area (Å²) in [6, 6.07) is 0. The zero-order valence-electron chi connectivity index (χ0n) is 26.8. The molecule has 6 rings (SSSR count). The molecular formula is C34H52O11. The molecule has 4 fully saturated rings. The van der Waals surface area contributed by atoms with E-state index in [1.165, 1.54) is 0 Å². The number of ether oxygens (including phenoxy) is 3. The fraction of sp³-hybridized carbons (Fsp3) is 0.853. The van der Waals surface area contributed by atoms with Gasteiger partial charge in [-0.15, -0.1) is 0 Å². The molecule has 11 heteroatoms. The first-order chi connectivity index (χ1) is 21.3. The topological polar surface area (TPSA) is 186 Å². The molecule has 7 N–H and O–H groups in total. The molecule has 3 saturated carbocycles. The van der Waals surface area contributed by atoms with Gasteiger partial charge in [0.15, 0.2) is 6.29 Å². The molecule has 4 aliphatic carbocycles. The molecule has 0 aromatic rings. The standard InChI is InChI=1S/C34H52O11/c1-15-17(13-35)9-24(44-31(15)42)16(2)20-5-6-21-27-22(7-8-33(20,21)3)34(4)18(11-23(27)37)10-19(12-26(34)38)43-32-30(41)29(40)28(39)25(14-36)45-32/h11,16,19-30,32,35-41H,5-10,12-14H2,1-4H3/t16-,19+,20+,21-,22-,23-,24+,25+,26-,27-,28+,29-,30+,32+,33+,34-/m0/s1. The van der Waals surface area contributed by atoms with Crippen molar-refractivity contribution in [3.05, 3.63) is 22.8 Å². The predicted octanol–water partition coefficient (Wildman–Crippen LogP) is 0.953. The lowest BCUT2D eigenvalue weighted by molar-refractivity contribution is -0.315. The average molecular weight is 637 g/mol. The Morgan fingerprint density at radius 3 is 2.42 bits per heavy atom. The molecule has 254 valence electrons. The van der Waals surface area contributed by atoms with Crippen LogP contribution in [0.1, 0.15) is 72.6 Å². The first kappa shape index (κ1) is 33.5. The van der Waals surface area contributed by atoms with Crippen LogP contribution in [0.3, 0.4) is 0 Å². The zero-order chi connectivity index (χ0) is 32.6. The molecule has 0 aromatic carbocycles. The number of hydrogen-bond donors (Lipinski definition) is 7. The van der Waals surface area contributed by atoms with Crippen LogP contribution in [0.15, 0.2) is 22.8 Å². The van der Waals surface area contributed by atoms with Gasteiger partial charge in [0.05, 0.1) is 31.5 Å². The molecule has 2 heterocycles. The van der Waals surface area contributed by atoms with Crippen molar-refractivity contribution in [2.24, 2.45) is 40.4 Å². The van der Waals surface area contributed by atoms with E-state index in [0.29, 0.717) is 18.4 Å². The lowest BCUT2D eigenvalue weighted by Crippen LogP contribution is -2.61. The molecule has 16 atom stereocenters. The number of aliphatic hydroxyl groups excluding tert-OH is 7. The van der Waals surface area contributed by atoms with Crippen molar-refractivity contribution in [2.45, 2.75) is 128 Å². The van der Waals surface area contributed by atoms with Crippen molar-refractivity contribution in [2.75, 3.05) is 13.2 Å². The fourth-order valence-electron chi connectivity index (χ4n) is 10.6. The van der Waals surface area contributed by atoms with Crippen molar-refractivity contribution in [1.29, 1.82) is 0 Å². The number of hydrogen-bond acceptors (Lipinski definition) is 11. The SMILES string of the molecule is CC1=C(CO)C[C@H]([C@@H](C)[C@H]2CC[C@H]3[C@@H]4[C@@H](O)C=C5C[C@@H](O[C@@H]6O[C@H](CO)[C@@H](O)[C@H](O)[C@H]6O)C[C@H](O)[C@]5(C)[C@H]4CC[C@]23C)OC1=O. The zero-order valence-corrected chi connectivity index (χ0v) is 26.8. The highest BCUT2D eigenvalue weighted by molar-refractivity contribution is 5.89. The van der Waals surface area contributed by atoms with Crippen molar-refractivity contribution in [3.8, 4) is 0 Å². The monoisotopic (exact) mass is 636 g/mol. The van der Waals surface area contributed by atoms with Gasteiger partial charge < -0.3 is 50.0 Å². The van der Waals surface area contributed by atoms with Crippen LogP contribution in [-0.4, -0.2) is 110 Å². The highest BCUT2D eigenvalue weighted by atomic mass is 16.7. The molecule has 0 amide bonds. The first-order valence-electron chi connectivity index (χ1n) is 16.8. The van der Waals surface area contributed by atoms with Gasteiger partial charge in [-0.1, -0.05) is 32.4 Å². The Morgan fingerprint density at radius 2 is 1.73 bits per heavy atom. The summed E-state index contributed by atoms with van der Waals surface area (Å²) in [7, 11) is 0. The molecule has 1 saturated heterocycles. The van der Waals surface area contributed by atoms with Gasteiger partial charge in [0.2, 0.25) is 0 Å². The Bertz CT molecular complexity index is 1200. The number of fused-ring (bicyclic) bond motifs is 5. The third kappa shape index (κ3) is 5.25. The summed E-state index contributed by atoms with van der Waals surface area (Å²) in [6.45, 7) is 7.60. The Labute approximate surface area is 264 Å². The van der Waals surface area contributed by atoms with Gasteiger partial charge in [0, 0.05) is 23.8 Å². The lowest BCUT2D eigenvalue weighted by atomic mass is 9.45. The lowest BCUT2D eigenvalue weighted by Gasteiger charge is -2.61. The summed E-state index contributed by atoms with van der Waals surface area (Å²) in [4.78, 5) is 12.6. The molecule has 0 spiro atoms. The van der Waals surface area contributed by atoms with E-state index in [1.807, 2.05) is 6.08 Å². The van der Waals surface area contributed by atoms with Crippen LogP contribution < -0.4 is 0 Å². The fourth-order valence-corrected chi connectivity index (χ4v) is 10.6. The Kier molecular flexibility index (Phi) is 9.11. The van der Waals surface area contributed by atoms with Crippen molar-refractivity contribution in [3.63, 3.8) is 0 Å². The molecule has 0 bridgehead atoms. The van der Waals surface area contributed by atoms with Crippen LogP contribution in [0.5, 0.6) is 0 Å². The van der Waals surface area contributed by atoms with E-state index in [1.54, 1.807) is 6.92 Å². The van der Waals surface area contributed by atoms with Crippen molar-refractivity contribution in [1.82, 2.24) is 0 Å². The van der Waals surface area contributed by atoms with Gasteiger partial charge in [-0.2, -0.15) is 0 Å². The Morgan fingerprint density at radius 1 is 1.00 bits per heavy atom. The van der Waals surface area contributed by atoms with E-state index in [0.717, 1.165) is 36.8 Å². The number of carbonyl (C=O) groups excluding carboxylic acids is 1. The minimum Gasteiger partial charge on any atom is -0.458 e. The van der Waals surface area contributed by atoms with E-state index in [9.17, 15) is 40.5 Å². The molecule has 45 heavy (non-hydrogen) atoms. The highest BCUT2D eigenvalue weighted by Crippen LogP contribution is 2.67. The molecule has 6 aliphatic rings. The van der Waals surface area contributed by atoms with Gasteiger partial charge in [-0.05, 0) is 79.6 Å². The maximum atomic E-state index is 12.6. The second-order valence-electron chi connectivity index (χ2n) is 15.3. The average Bonchev–Trinajstić information content (AvgIpc) is 3.36. The summed E-state index contributed by atoms with van der Waals surface area (Å²) in [5, 5.41) is 73.7. The smallest absolute Gasteiger partial charge is 0.334 e. The quantitative estimate of drug-likeness (QED) is 0.163. The second kappa shape index (κ2) is 12.2. The molecule has 11 nitrogen and oxygen atoms in total. The van der Waals surface area contributed by atoms with Crippen LogP contribution in [0.4, 0.5) is 0 Å². The normalized spacial score (nSPS) is 50.7. The third-order valence-electron chi connectivity index (χ3n) is 13.4. The minimum absolute atomic E-state index is 0.0312. The van der Waals surface area contributed by atoms with Crippen LogP contribution in [0.2, 0.25) is 0 Å². The summed E-state index contributed by atoms with van der Waals surface area (Å²) in [5.74, 6) is 0.297. The summed E-state index contributed by atoms with van der Waals surface area (Å²) >= 11 is 0.